The molecule has 5 heteroatoms. The smallest absolute Gasteiger partial charge is 0.260 e. The Bertz CT molecular complexity index is 295. The molecule has 1 saturated carbocycles. The molecule has 1 amide bonds. The van der Waals surface area contributed by atoms with Gasteiger partial charge in [-0.1, -0.05) is 26.2 Å². The van der Waals surface area contributed by atoms with Gasteiger partial charge in [0, 0.05) is 13.0 Å². The third-order valence-corrected chi connectivity index (χ3v) is 3.00. The molecule has 3 N–H and O–H groups in total. The van der Waals surface area contributed by atoms with Crippen molar-refractivity contribution in [2.24, 2.45) is 16.1 Å². The Morgan fingerprint density at radius 1 is 1.33 bits per heavy atom. The van der Waals surface area contributed by atoms with Crippen molar-refractivity contribution >= 4 is 18.0 Å². The molecule has 1 aliphatic rings. The number of carbonyl (C=O) groups excluding carboxylic acids is 2. The van der Waals surface area contributed by atoms with Gasteiger partial charge in [-0.25, -0.2) is 0 Å². The molecule has 1 aliphatic carbocycles. The summed E-state index contributed by atoms with van der Waals surface area (Å²) in [7, 11) is 0. The summed E-state index contributed by atoms with van der Waals surface area (Å²) < 4.78 is 0. The number of nitrogens with two attached hydrogens (primary N) is 1. The molecular formula is C13H24N2O3. The first-order chi connectivity index (χ1) is 8.56. The van der Waals surface area contributed by atoms with Gasteiger partial charge in [0.15, 0.2) is 0 Å². The molecule has 1 rings (SSSR count). The van der Waals surface area contributed by atoms with E-state index >= 15 is 0 Å². The van der Waals surface area contributed by atoms with E-state index in [0.29, 0.717) is 25.1 Å². The molecule has 1 fully saturated rings. The van der Waals surface area contributed by atoms with E-state index in [4.69, 9.17) is 10.8 Å². The molecule has 0 saturated heterocycles. The van der Waals surface area contributed by atoms with Crippen LogP contribution < -0.4 is 5.73 Å². The average Bonchev–Trinajstić information content (AvgIpc) is 2.40. The fourth-order valence-electron chi connectivity index (χ4n) is 1.89. The van der Waals surface area contributed by atoms with Crippen LogP contribution in [0.5, 0.6) is 0 Å². The van der Waals surface area contributed by atoms with Gasteiger partial charge in [0.05, 0.1) is 0 Å². The van der Waals surface area contributed by atoms with Gasteiger partial charge in [-0.3, -0.25) is 4.79 Å². The molecular weight excluding hydrogens is 232 g/mol. The zero-order chi connectivity index (χ0) is 14.0. The van der Waals surface area contributed by atoms with Crippen LogP contribution in [0.15, 0.2) is 4.99 Å². The van der Waals surface area contributed by atoms with Crippen LogP contribution in [0.1, 0.15) is 52.4 Å². The predicted molar refractivity (Wildman–Crippen MR) is 71.3 cm³/mol. The maximum atomic E-state index is 11.8. The Morgan fingerprint density at radius 2 is 1.83 bits per heavy atom. The summed E-state index contributed by atoms with van der Waals surface area (Å²) in [6.45, 7) is 3.76. The van der Waals surface area contributed by atoms with Crippen molar-refractivity contribution in [3.63, 3.8) is 0 Å². The predicted octanol–water partition coefficient (Wildman–Crippen LogP) is 1.43. The van der Waals surface area contributed by atoms with Crippen LogP contribution in [0, 0.1) is 5.41 Å². The highest BCUT2D eigenvalue weighted by Gasteiger charge is 2.39. The summed E-state index contributed by atoms with van der Waals surface area (Å²) in [5.41, 5.74) is 4.63. The summed E-state index contributed by atoms with van der Waals surface area (Å²) in [5, 5.41) is 7.57. The van der Waals surface area contributed by atoms with Crippen LogP contribution in [0.3, 0.4) is 0 Å². The molecule has 0 aromatic rings. The first kappa shape index (κ1) is 16.8. The Morgan fingerprint density at radius 3 is 2.22 bits per heavy atom. The van der Waals surface area contributed by atoms with Crippen molar-refractivity contribution in [2.45, 2.75) is 52.4 Å². The highest BCUT2D eigenvalue weighted by atomic mass is 16.2. The fraction of sp³-hybridized carbons (Fsp3) is 0.769. The van der Waals surface area contributed by atoms with Crippen molar-refractivity contribution in [1.82, 2.24) is 0 Å². The number of hydrogen-bond donors (Lipinski definition) is 2. The van der Waals surface area contributed by atoms with Crippen molar-refractivity contribution in [3.05, 3.63) is 0 Å². The molecule has 0 unspecified atom stereocenters. The van der Waals surface area contributed by atoms with Crippen molar-refractivity contribution in [2.75, 3.05) is 6.61 Å². The molecule has 0 aliphatic heterocycles. The maximum absolute atomic E-state index is 11.8. The van der Waals surface area contributed by atoms with Crippen LogP contribution >= 0.6 is 0 Å². The quantitative estimate of drug-likeness (QED) is 0.346. The van der Waals surface area contributed by atoms with E-state index in [9.17, 15) is 9.59 Å². The van der Waals surface area contributed by atoms with Gasteiger partial charge in [0.1, 0.15) is 17.5 Å². The number of amidine groups is 1. The summed E-state index contributed by atoms with van der Waals surface area (Å²) >= 11 is 0. The minimum atomic E-state index is -0.877. The zero-order valence-electron chi connectivity index (χ0n) is 11.3. The first-order valence-electron chi connectivity index (χ1n) is 6.51. The zero-order valence-corrected chi connectivity index (χ0v) is 11.3. The number of aliphatic imine (C=N–C) groups is 1. The second kappa shape index (κ2) is 8.80. The Labute approximate surface area is 108 Å². The number of carbonyl (C=O) groups is 2. The standard InChI is InChI=1S/C11H18N2O2.C2H6O/c1-2-9(12)13-10(15)11(8-14)6-4-3-5-7-11;1-2-3/h8H,2-7H2,1H3,(H2,12,13,15);3H,2H2,1H3. The van der Waals surface area contributed by atoms with Gasteiger partial charge in [-0.05, 0) is 19.8 Å². The normalized spacial score (nSPS) is 18.5. The van der Waals surface area contributed by atoms with Crippen molar-refractivity contribution in [1.29, 1.82) is 0 Å². The molecule has 0 radical (unpaired) electrons. The van der Waals surface area contributed by atoms with Crippen LogP contribution in [0.4, 0.5) is 0 Å². The van der Waals surface area contributed by atoms with E-state index in [1.807, 2.05) is 6.92 Å². The van der Waals surface area contributed by atoms with E-state index < -0.39 is 5.41 Å². The Balaban J connectivity index is 0.000000873. The number of aliphatic hydroxyl groups excluding tert-OH is 1. The number of hydrogen-bond acceptors (Lipinski definition) is 3. The second-order valence-electron chi connectivity index (χ2n) is 4.41. The van der Waals surface area contributed by atoms with Crippen molar-refractivity contribution < 1.29 is 14.7 Å². The second-order valence-corrected chi connectivity index (χ2v) is 4.41. The van der Waals surface area contributed by atoms with E-state index in [0.717, 1.165) is 25.5 Å². The molecule has 104 valence electrons. The lowest BCUT2D eigenvalue weighted by atomic mass is 9.74. The van der Waals surface area contributed by atoms with E-state index in [-0.39, 0.29) is 12.5 Å². The van der Waals surface area contributed by atoms with Gasteiger partial charge in [0.25, 0.3) is 5.91 Å². The van der Waals surface area contributed by atoms with Gasteiger partial charge >= 0.3 is 0 Å². The lowest BCUT2D eigenvalue weighted by molar-refractivity contribution is -0.135. The van der Waals surface area contributed by atoms with Crippen LogP contribution in [-0.4, -0.2) is 29.7 Å². The van der Waals surface area contributed by atoms with Gasteiger partial charge in [-0.2, -0.15) is 4.99 Å². The minimum Gasteiger partial charge on any atom is -0.397 e. The molecule has 0 aromatic carbocycles. The number of amides is 1. The molecule has 18 heavy (non-hydrogen) atoms. The molecule has 0 aromatic heterocycles. The van der Waals surface area contributed by atoms with Gasteiger partial charge in [0.2, 0.25) is 0 Å². The lowest BCUT2D eigenvalue weighted by Crippen LogP contribution is -2.35. The average molecular weight is 256 g/mol. The number of aldehydes is 1. The molecule has 0 atom stereocenters. The summed E-state index contributed by atoms with van der Waals surface area (Å²) in [6.07, 6.45) is 5.49. The topological polar surface area (TPSA) is 92.8 Å². The summed E-state index contributed by atoms with van der Waals surface area (Å²) in [4.78, 5) is 26.7. The number of nitrogens with zero attached hydrogens (tertiary/aromatic N) is 1. The molecule has 5 nitrogen and oxygen atoms in total. The third-order valence-electron chi connectivity index (χ3n) is 3.00. The monoisotopic (exact) mass is 256 g/mol. The Kier molecular flexibility index (Phi) is 8.20. The lowest BCUT2D eigenvalue weighted by Gasteiger charge is -2.28. The highest BCUT2D eigenvalue weighted by molar-refractivity contribution is 6.03. The SMILES string of the molecule is CCC(N)=NC(=O)C1(C=O)CCCCC1.CCO. The van der Waals surface area contributed by atoms with E-state index in [2.05, 4.69) is 4.99 Å². The van der Waals surface area contributed by atoms with Gasteiger partial charge < -0.3 is 15.6 Å². The summed E-state index contributed by atoms with van der Waals surface area (Å²) in [5.74, 6) is -0.0386. The largest absolute Gasteiger partial charge is 0.397 e. The van der Waals surface area contributed by atoms with Crippen LogP contribution in [0.2, 0.25) is 0 Å². The highest BCUT2D eigenvalue weighted by Crippen LogP contribution is 2.35. The first-order valence-corrected chi connectivity index (χ1v) is 6.51. The number of rotatable bonds is 3. The third kappa shape index (κ3) is 4.96. The van der Waals surface area contributed by atoms with E-state index in [1.165, 1.54) is 0 Å². The Hall–Kier alpha value is -1.23. The van der Waals surface area contributed by atoms with Gasteiger partial charge in [-0.15, -0.1) is 0 Å². The molecule has 0 bridgehead atoms. The molecule has 0 heterocycles. The fourth-order valence-corrected chi connectivity index (χ4v) is 1.89. The maximum Gasteiger partial charge on any atom is 0.260 e. The minimum absolute atomic E-state index is 0.250. The van der Waals surface area contributed by atoms with Crippen LogP contribution in [0.25, 0.3) is 0 Å². The molecule has 0 spiro atoms. The summed E-state index contributed by atoms with van der Waals surface area (Å²) in [6, 6.07) is 0. The van der Waals surface area contributed by atoms with Crippen LogP contribution in [-0.2, 0) is 9.59 Å². The number of aliphatic hydroxyl groups is 1. The van der Waals surface area contributed by atoms with E-state index in [1.54, 1.807) is 6.92 Å². The van der Waals surface area contributed by atoms with Crippen molar-refractivity contribution in [3.8, 4) is 0 Å².